The molecule has 3 heterocycles. The van der Waals surface area contributed by atoms with Crippen molar-refractivity contribution < 1.29 is 13.2 Å². The molecule has 10 heteroatoms. The molecule has 0 radical (unpaired) electrons. The van der Waals surface area contributed by atoms with E-state index in [9.17, 15) is 8.78 Å². The first-order chi connectivity index (χ1) is 16.5. The Morgan fingerprint density at radius 2 is 1.68 bits per heavy atom. The average molecular weight is 466 g/mol. The maximum atomic E-state index is 12.7. The summed E-state index contributed by atoms with van der Waals surface area (Å²) in [6, 6.07) is 15.7. The molecule has 0 unspecified atom stereocenters. The third kappa shape index (κ3) is 5.18. The first kappa shape index (κ1) is 22.3. The molecule has 0 amide bonds. The van der Waals surface area contributed by atoms with Gasteiger partial charge >= 0.3 is 6.43 Å². The number of hydrogen-bond acceptors (Lipinski definition) is 7. The summed E-state index contributed by atoms with van der Waals surface area (Å²) in [7, 11) is 2.16. The van der Waals surface area contributed by atoms with Gasteiger partial charge in [-0.2, -0.15) is 8.78 Å². The lowest BCUT2D eigenvalue weighted by Crippen LogP contribution is -2.43. The van der Waals surface area contributed by atoms with Gasteiger partial charge in [0, 0.05) is 43.9 Å². The zero-order chi connectivity index (χ0) is 23.5. The van der Waals surface area contributed by atoms with Crippen LogP contribution in [0.5, 0.6) is 0 Å². The van der Waals surface area contributed by atoms with Crippen molar-refractivity contribution >= 4 is 0 Å². The largest absolute Gasteiger partial charge is 0.415 e. The van der Waals surface area contributed by atoms with E-state index in [0.29, 0.717) is 12.1 Å². The molecule has 0 N–H and O–H groups in total. The van der Waals surface area contributed by atoms with Crippen LogP contribution >= 0.6 is 0 Å². The third-order valence-corrected chi connectivity index (χ3v) is 5.94. The van der Waals surface area contributed by atoms with Crippen molar-refractivity contribution in [2.24, 2.45) is 0 Å². The quantitative estimate of drug-likeness (QED) is 0.412. The number of nitrogens with zero attached hydrogens (tertiary/aromatic N) is 7. The molecule has 8 nitrogen and oxygen atoms in total. The van der Waals surface area contributed by atoms with Crippen LogP contribution in [-0.2, 0) is 13.1 Å². The molecule has 0 spiro atoms. The minimum Gasteiger partial charge on any atom is -0.415 e. The normalized spacial score (nSPS) is 15.3. The molecule has 1 fully saturated rings. The second-order valence-corrected chi connectivity index (χ2v) is 8.52. The Morgan fingerprint density at radius 3 is 2.41 bits per heavy atom. The molecule has 1 saturated heterocycles. The van der Waals surface area contributed by atoms with Crippen molar-refractivity contribution in [3.8, 4) is 22.7 Å². The minimum atomic E-state index is -2.78. The number of hydrogen-bond donors (Lipinski definition) is 0. The van der Waals surface area contributed by atoms with Crippen LogP contribution in [-0.4, -0.2) is 68.2 Å². The summed E-state index contributed by atoms with van der Waals surface area (Å²) in [5, 5.41) is 15.7. The van der Waals surface area contributed by atoms with Crippen LogP contribution in [0.3, 0.4) is 0 Å². The number of piperazine rings is 1. The highest BCUT2D eigenvalue weighted by molar-refractivity contribution is 5.58. The summed E-state index contributed by atoms with van der Waals surface area (Å²) in [6.45, 7) is 5.81. The van der Waals surface area contributed by atoms with Crippen molar-refractivity contribution in [1.82, 2.24) is 35.0 Å². The number of rotatable bonds is 7. The van der Waals surface area contributed by atoms with Crippen molar-refractivity contribution in [2.45, 2.75) is 19.5 Å². The molecule has 2 aromatic heterocycles. The Kier molecular flexibility index (Phi) is 6.41. The Morgan fingerprint density at radius 1 is 0.882 bits per heavy atom. The Bertz CT molecular complexity index is 1230. The molecular formula is C24H25F2N7O. The van der Waals surface area contributed by atoms with E-state index < -0.39 is 12.3 Å². The fraction of sp³-hybridized carbons (Fsp3) is 0.333. The number of alkyl halides is 2. The van der Waals surface area contributed by atoms with Crippen molar-refractivity contribution in [3.63, 3.8) is 0 Å². The smallest absolute Gasteiger partial charge is 0.314 e. The molecule has 0 bridgehead atoms. The van der Waals surface area contributed by atoms with Gasteiger partial charge in [0.2, 0.25) is 5.89 Å². The maximum absolute atomic E-state index is 12.7. The second kappa shape index (κ2) is 9.78. The first-order valence-electron chi connectivity index (χ1n) is 11.1. The second-order valence-electron chi connectivity index (χ2n) is 8.52. The highest BCUT2D eigenvalue weighted by Crippen LogP contribution is 2.24. The lowest BCUT2D eigenvalue weighted by atomic mass is 10.1. The molecule has 5 rings (SSSR count). The van der Waals surface area contributed by atoms with Gasteiger partial charge in [-0.1, -0.05) is 35.5 Å². The van der Waals surface area contributed by atoms with Gasteiger partial charge in [0.25, 0.3) is 5.89 Å². The van der Waals surface area contributed by atoms with Gasteiger partial charge in [0.15, 0.2) is 0 Å². The molecule has 176 valence electrons. The van der Waals surface area contributed by atoms with Crippen LogP contribution in [0.15, 0.2) is 59.1 Å². The standard InChI is InChI=1S/C24H25F2N7O/c1-31-9-11-32(12-10-31)14-18-3-2-4-20(13-18)21-16-33(30-27-21)15-17-5-7-19(8-6-17)23-28-29-24(34-23)22(25)26/h2-8,13,16,22H,9-12,14-15H2,1H3. The van der Waals surface area contributed by atoms with E-state index >= 15 is 0 Å². The van der Waals surface area contributed by atoms with E-state index in [0.717, 1.165) is 49.5 Å². The number of benzene rings is 2. The number of halogens is 2. The summed E-state index contributed by atoms with van der Waals surface area (Å²) in [4.78, 5) is 4.83. The van der Waals surface area contributed by atoms with Crippen LogP contribution in [0.2, 0.25) is 0 Å². The summed E-state index contributed by atoms with van der Waals surface area (Å²) in [5.74, 6) is -0.608. The highest BCUT2D eigenvalue weighted by atomic mass is 19.3. The Balaban J connectivity index is 1.23. The molecule has 0 saturated carbocycles. The number of aromatic nitrogens is 5. The zero-order valence-corrected chi connectivity index (χ0v) is 18.8. The van der Waals surface area contributed by atoms with E-state index in [1.807, 2.05) is 18.3 Å². The van der Waals surface area contributed by atoms with Gasteiger partial charge in [-0.05, 0) is 36.4 Å². The van der Waals surface area contributed by atoms with Gasteiger partial charge in [-0.25, -0.2) is 4.68 Å². The van der Waals surface area contributed by atoms with Crippen molar-refractivity contribution in [3.05, 3.63) is 71.7 Å². The highest BCUT2D eigenvalue weighted by Gasteiger charge is 2.17. The van der Waals surface area contributed by atoms with E-state index in [1.165, 1.54) is 5.56 Å². The molecule has 0 aliphatic carbocycles. The molecule has 34 heavy (non-hydrogen) atoms. The predicted octanol–water partition coefficient (Wildman–Crippen LogP) is 3.73. The SMILES string of the molecule is CN1CCN(Cc2cccc(-c3cn(Cc4ccc(-c5nnc(C(F)F)o5)cc4)nn3)c2)CC1. The van der Waals surface area contributed by atoms with Crippen LogP contribution in [0.25, 0.3) is 22.7 Å². The van der Waals surface area contributed by atoms with E-state index in [1.54, 1.807) is 16.8 Å². The molecule has 2 aromatic carbocycles. The minimum absolute atomic E-state index is 0.0707. The Hall–Kier alpha value is -3.50. The number of likely N-dealkylation sites (N-methyl/N-ethyl adjacent to an activating group) is 1. The fourth-order valence-electron chi connectivity index (χ4n) is 3.98. The van der Waals surface area contributed by atoms with Gasteiger partial charge in [0.05, 0.1) is 12.7 Å². The van der Waals surface area contributed by atoms with Gasteiger partial charge in [-0.15, -0.1) is 15.3 Å². The topological polar surface area (TPSA) is 76.1 Å². The summed E-state index contributed by atoms with van der Waals surface area (Å²) < 4.78 is 32.1. The Labute approximate surface area is 195 Å². The molecule has 0 atom stereocenters. The maximum Gasteiger partial charge on any atom is 0.314 e. The van der Waals surface area contributed by atoms with Gasteiger partial charge < -0.3 is 9.32 Å². The van der Waals surface area contributed by atoms with Crippen LogP contribution < -0.4 is 0 Å². The van der Waals surface area contributed by atoms with Gasteiger partial charge in [0.1, 0.15) is 5.69 Å². The predicted molar refractivity (Wildman–Crippen MR) is 122 cm³/mol. The lowest BCUT2D eigenvalue weighted by molar-refractivity contribution is 0.116. The molecule has 1 aliphatic heterocycles. The van der Waals surface area contributed by atoms with Crippen LogP contribution in [0.4, 0.5) is 8.78 Å². The first-order valence-corrected chi connectivity index (χ1v) is 11.1. The van der Waals surface area contributed by atoms with E-state index in [2.05, 4.69) is 61.6 Å². The van der Waals surface area contributed by atoms with Gasteiger partial charge in [-0.3, -0.25) is 4.90 Å². The van der Waals surface area contributed by atoms with Crippen LogP contribution in [0.1, 0.15) is 23.4 Å². The van der Waals surface area contributed by atoms with E-state index in [-0.39, 0.29) is 5.89 Å². The monoisotopic (exact) mass is 465 g/mol. The molecular weight excluding hydrogens is 440 g/mol. The summed E-state index contributed by atoms with van der Waals surface area (Å²) >= 11 is 0. The molecule has 4 aromatic rings. The third-order valence-electron chi connectivity index (χ3n) is 5.94. The summed E-state index contributed by atoms with van der Waals surface area (Å²) in [6.07, 6.45) is -0.856. The van der Waals surface area contributed by atoms with Crippen molar-refractivity contribution in [1.29, 1.82) is 0 Å². The zero-order valence-electron chi connectivity index (χ0n) is 18.8. The average Bonchev–Trinajstić information content (AvgIpc) is 3.52. The summed E-state index contributed by atoms with van der Waals surface area (Å²) in [5.41, 5.74) is 4.70. The molecule has 1 aliphatic rings. The van der Waals surface area contributed by atoms with Crippen molar-refractivity contribution in [2.75, 3.05) is 33.2 Å². The fourth-order valence-corrected chi connectivity index (χ4v) is 3.98. The van der Waals surface area contributed by atoms with E-state index in [4.69, 9.17) is 4.42 Å². The lowest BCUT2D eigenvalue weighted by Gasteiger charge is -2.32. The van der Waals surface area contributed by atoms with Crippen LogP contribution in [0, 0.1) is 0 Å².